The maximum absolute atomic E-state index is 13.2. The zero-order chi connectivity index (χ0) is 29.2. The highest BCUT2D eigenvalue weighted by Gasteiger charge is 2.47. The molecule has 208 valence electrons. The van der Waals surface area contributed by atoms with Gasteiger partial charge in [0, 0.05) is 17.4 Å². The first-order valence-electron chi connectivity index (χ1n) is 12.5. The summed E-state index contributed by atoms with van der Waals surface area (Å²) in [5, 5.41) is 3.75. The van der Waals surface area contributed by atoms with E-state index in [9.17, 15) is 24.7 Å². The molecule has 4 atom stereocenters. The van der Waals surface area contributed by atoms with Crippen molar-refractivity contribution in [2.45, 2.75) is 31.3 Å². The van der Waals surface area contributed by atoms with Gasteiger partial charge in [-0.05, 0) is 41.9 Å². The number of hydrogen-bond acceptors (Lipinski definition) is 9. The van der Waals surface area contributed by atoms with Crippen LogP contribution in [0.15, 0.2) is 108 Å². The van der Waals surface area contributed by atoms with Gasteiger partial charge in [0.05, 0.1) is 22.7 Å². The van der Waals surface area contributed by atoms with Gasteiger partial charge in [-0.25, -0.2) is 14.4 Å². The van der Waals surface area contributed by atoms with Gasteiger partial charge >= 0.3 is 23.9 Å². The van der Waals surface area contributed by atoms with Crippen molar-refractivity contribution in [1.82, 2.24) is 0 Å². The second kappa shape index (κ2) is 13.6. The monoisotopic (exact) mass is 555 g/mol. The van der Waals surface area contributed by atoms with E-state index >= 15 is 0 Å². The summed E-state index contributed by atoms with van der Waals surface area (Å²) in [5.74, 6) is -3.01. The molecule has 41 heavy (non-hydrogen) atoms. The zero-order valence-electron chi connectivity index (χ0n) is 21.9. The first-order chi connectivity index (χ1) is 19.9. The van der Waals surface area contributed by atoms with Crippen molar-refractivity contribution in [3.8, 4) is 0 Å². The van der Waals surface area contributed by atoms with E-state index in [4.69, 9.17) is 18.9 Å². The summed E-state index contributed by atoms with van der Waals surface area (Å²) in [6.07, 6.45) is -2.83. The summed E-state index contributed by atoms with van der Waals surface area (Å²) in [6.45, 7) is 0.746. The fourth-order valence-electron chi connectivity index (χ4n) is 4.20. The van der Waals surface area contributed by atoms with Crippen molar-refractivity contribution in [2.75, 3.05) is 6.61 Å². The summed E-state index contributed by atoms with van der Waals surface area (Å²) in [5.41, 5.74) is 10.1. The quantitative estimate of drug-likeness (QED) is 0.0907. The van der Waals surface area contributed by atoms with Crippen LogP contribution in [0.3, 0.4) is 0 Å². The average Bonchev–Trinajstić information content (AvgIpc) is 3.00. The lowest BCUT2D eigenvalue weighted by atomic mass is 9.87. The normalized spacial score (nSPS) is 19.5. The molecule has 1 aliphatic rings. The van der Waals surface area contributed by atoms with Gasteiger partial charge in [-0.1, -0.05) is 65.8 Å². The summed E-state index contributed by atoms with van der Waals surface area (Å²) in [4.78, 5) is 53.9. The number of carbonyl (C=O) groups excluding carboxylic acids is 4. The molecule has 0 spiro atoms. The lowest BCUT2D eigenvalue weighted by molar-refractivity contribution is -0.156. The van der Waals surface area contributed by atoms with Gasteiger partial charge in [-0.15, -0.1) is 0 Å². The van der Waals surface area contributed by atoms with Crippen LogP contribution < -0.4 is 0 Å². The summed E-state index contributed by atoms with van der Waals surface area (Å²) in [7, 11) is 0. The van der Waals surface area contributed by atoms with Crippen molar-refractivity contribution in [3.05, 3.63) is 130 Å². The number of benzene rings is 3. The van der Waals surface area contributed by atoms with E-state index in [0.717, 1.165) is 6.92 Å². The third-order valence-corrected chi connectivity index (χ3v) is 6.07. The minimum absolute atomic E-state index is 0.166. The molecule has 0 radical (unpaired) electrons. The minimum Gasteiger partial charge on any atom is -0.457 e. The molecule has 0 unspecified atom stereocenters. The molecule has 0 amide bonds. The van der Waals surface area contributed by atoms with Crippen LogP contribution in [0, 0.1) is 0 Å². The van der Waals surface area contributed by atoms with Crippen LogP contribution in [0.2, 0.25) is 0 Å². The maximum atomic E-state index is 13.2. The molecule has 3 aromatic rings. The maximum Gasteiger partial charge on any atom is 0.338 e. The Morgan fingerprint density at radius 2 is 1.17 bits per heavy atom. The first-order valence-corrected chi connectivity index (χ1v) is 12.5. The van der Waals surface area contributed by atoms with Crippen molar-refractivity contribution >= 4 is 23.9 Å². The molecule has 0 saturated carbocycles. The Bertz CT molecular complexity index is 1470. The summed E-state index contributed by atoms with van der Waals surface area (Å²) >= 11 is 0. The second-order valence-electron chi connectivity index (χ2n) is 8.88. The molecule has 3 aromatic carbocycles. The van der Waals surface area contributed by atoms with Gasteiger partial charge in [0.1, 0.15) is 6.61 Å². The average molecular weight is 556 g/mol. The van der Waals surface area contributed by atoms with E-state index in [2.05, 4.69) is 10.0 Å². The van der Waals surface area contributed by atoms with E-state index < -0.39 is 54.8 Å². The predicted octanol–water partition coefficient (Wildman–Crippen LogP) is 4.85. The van der Waals surface area contributed by atoms with Crippen LogP contribution in [-0.2, 0) is 23.7 Å². The highest BCUT2D eigenvalue weighted by atomic mass is 16.6. The number of carbonyl (C=O) groups is 4. The van der Waals surface area contributed by atoms with E-state index in [-0.39, 0.29) is 22.3 Å². The summed E-state index contributed by atoms with van der Waals surface area (Å²) < 4.78 is 22.5. The van der Waals surface area contributed by atoms with Crippen LogP contribution >= 0.6 is 0 Å². The fraction of sp³-hybridized carbons (Fsp3) is 0.200. The first kappa shape index (κ1) is 28.6. The Kier molecular flexibility index (Phi) is 9.48. The molecule has 0 fully saturated rings. The smallest absolute Gasteiger partial charge is 0.338 e. The molecule has 0 aromatic heterocycles. The Morgan fingerprint density at radius 1 is 0.707 bits per heavy atom. The fourth-order valence-corrected chi connectivity index (χ4v) is 4.20. The van der Waals surface area contributed by atoms with E-state index in [1.807, 2.05) is 0 Å². The van der Waals surface area contributed by atoms with E-state index in [1.165, 1.54) is 30.3 Å². The Balaban J connectivity index is 1.72. The number of ether oxygens (including phenoxy) is 4. The molecular weight excluding hydrogens is 530 g/mol. The van der Waals surface area contributed by atoms with Gasteiger partial charge in [0.2, 0.25) is 0 Å². The van der Waals surface area contributed by atoms with Crippen LogP contribution in [0.4, 0.5) is 0 Å². The molecule has 4 rings (SSSR count). The molecule has 11 nitrogen and oxygen atoms in total. The summed E-state index contributed by atoms with van der Waals surface area (Å²) in [6, 6.07) is 23.0. The number of esters is 4. The molecule has 0 heterocycles. The number of nitrogens with zero attached hydrogens (tertiary/aromatic N) is 3. The third-order valence-electron chi connectivity index (χ3n) is 6.07. The topological polar surface area (TPSA) is 154 Å². The standard InChI is InChI=1S/C30H25N3O8/c1-19(34)39-25-23(18-38-28(35)20-11-5-2-6-12-20)17-24(32-33-31)26(40-29(36)21-13-7-3-8-14-21)27(25)41-30(37)22-15-9-4-10-16-22/h2-17,24-27H,18H2,1H3/t24-,25+,26-,27-/m0/s1. The van der Waals surface area contributed by atoms with Crippen LogP contribution in [-0.4, -0.2) is 54.8 Å². The van der Waals surface area contributed by atoms with E-state index in [0.29, 0.717) is 0 Å². The SMILES string of the molecule is CC(=O)O[C@@H]1C(COC(=O)c2ccccc2)=C[C@H](N=[N+]=[N-])[C@H](OC(=O)c2ccccc2)[C@H]1OC(=O)c1ccccc1. The lowest BCUT2D eigenvalue weighted by Crippen LogP contribution is -2.54. The van der Waals surface area contributed by atoms with Crippen LogP contribution in [0.1, 0.15) is 38.0 Å². The largest absolute Gasteiger partial charge is 0.457 e. The van der Waals surface area contributed by atoms with Crippen molar-refractivity contribution in [3.63, 3.8) is 0 Å². The Morgan fingerprint density at radius 3 is 1.63 bits per heavy atom. The van der Waals surface area contributed by atoms with Crippen molar-refractivity contribution < 1.29 is 38.1 Å². The number of azide groups is 1. The molecule has 11 heteroatoms. The molecule has 0 N–H and O–H groups in total. The van der Waals surface area contributed by atoms with Gasteiger partial charge in [0.25, 0.3) is 0 Å². The molecule has 0 aliphatic heterocycles. The second-order valence-corrected chi connectivity index (χ2v) is 8.88. The van der Waals surface area contributed by atoms with Gasteiger partial charge < -0.3 is 18.9 Å². The van der Waals surface area contributed by atoms with Crippen LogP contribution in [0.5, 0.6) is 0 Å². The lowest BCUT2D eigenvalue weighted by Gasteiger charge is -2.39. The minimum atomic E-state index is -1.47. The zero-order valence-corrected chi connectivity index (χ0v) is 21.9. The van der Waals surface area contributed by atoms with Crippen molar-refractivity contribution in [1.29, 1.82) is 0 Å². The van der Waals surface area contributed by atoms with Crippen molar-refractivity contribution in [2.24, 2.45) is 5.11 Å². The third kappa shape index (κ3) is 7.37. The van der Waals surface area contributed by atoms with Gasteiger partial charge in [-0.3, -0.25) is 4.79 Å². The Hall–Kier alpha value is -5.41. The predicted molar refractivity (Wildman–Crippen MR) is 145 cm³/mol. The molecular formula is C30H25N3O8. The molecule has 0 saturated heterocycles. The highest BCUT2D eigenvalue weighted by molar-refractivity contribution is 5.91. The molecule has 0 bridgehead atoms. The Labute approximate surface area is 234 Å². The number of hydrogen-bond donors (Lipinski definition) is 0. The van der Waals surface area contributed by atoms with E-state index in [1.54, 1.807) is 66.7 Å². The highest BCUT2D eigenvalue weighted by Crippen LogP contribution is 2.31. The van der Waals surface area contributed by atoms with Gasteiger partial charge in [0.15, 0.2) is 18.3 Å². The number of rotatable bonds is 9. The van der Waals surface area contributed by atoms with Crippen LogP contribution in [0.25, 0.3) is 10.4 Å². The van der Waals surface area contributed by atoms with Gasteiger partial charge in [-0.2, -0.15) is 0 Å². The molecule has 1 aliphatic carbocycles.